The predicted molar refractivity (Wildman–Crippen MR) is 130 cm³/mol. The monoisotopic (exact) mass is 471 g/mol. The normalized spacial score (nSPS) is 17.6. The third-order valence-corrected chi connectivity index (χ3v) is 6.29. The maximum Gasteiger partial charge on any atom is 0.263 e. The second-order valence-electron chi connectivity index (χ2n) is 8.74. The molecule has 10 nitrogen and oxygen atoms in total. The summed E-state index contributed by atoms with van der Waals surface area (Å²) in [6.07, 6.45) is 6.20. The minimum absolute atomic E-state index is 0.00283. The molecule has 5 heterocycles. The summed E-state index contributed by atoms with van der Waals surface area (Å²) in [6, 6.07) is 12.5. The van der Waals surface area contributed by atoms with Crippen LogP contribution in [-0.4, -0.2) is 54.5 Å². The number of ketones is 1. The number of hydrogen-bond acceptors (Lipinski definition) is 7. The van der Waals surface area contributed by atoms with E-state index in [1.807, 2.05) is 30.3 Å². The number of nitrogens with one attached hydrogen (secondary N) is 1. The van der Waals surface area contributed by atoms with Crippen LogP contribution in [0.15, 0.2) is 65.8 Å². The molecule has 1 aliphatic heterocycles. The van der Waals surface area contributed by atoms with Gasteiger partial charge in [0.05, 0.1) is 6.20 Å². The fourth-order valence-electron chi connectivity index (χ4n) is 4.55. The van der Waals surface area contributed by atoms with E-state index in [0.717, 1.165) is 5.69 Å². The van der Waals surface area contributed by atoms with E-state index in [4.69, 9.17) is 5.10 Å². The lowest BCUT2D eigenvalue weighted by Gasteiger charge is -2.25. The van der Waals surface area contributed by atoms with Crippen LogP contribution < -0.4 is 15.8 Å². The van der Waals surface area contributed by atoms with Crippen molar-refractivity contribution in [1.29, 1.82) is 0 Å². The molecule has 4 aromatic heterocycles. The van der Waals surface area contributed by atoms with Gasteiger partial charge in [-0.05, 0) is 42.8 Å². The Balaban J connectivity index is 1.45. The third-order valence-electron chi connectivity index (χ3n) is 6.29. The van der Waals surface area contributed by atoms with E-state index in [1.54, 1.807) is 30.0 Å². The van der Waals surface area contributed by atoms with Gasteiger partial charge in [-0.2, -0.15) is 0 Å². The molecule has 0 aliphatic carbocycles. The van der Waals surface area contributed by atoms with Crippen LogP contribution in [-0.2, 0) is 13.5 Å². The highest BCUT2D eigenvalue weighted by Crippen LogP contribution is 2.27. The topological polar surface area (TPSA) is 114 Å². The van der Waals surface area contributed by atoms with Crippen LogP contribution in [0.1, 0.15) is 39.9 Å². The van der Waals surface area contributed by atoms with Crippen LogP contribution >= 0.6 is 0 Å². The SMILES string of the molecule is CC(=O)c1cnc2ccc(N3C[C@@H](NC(=O)c4cccn(C)c4=O)C[C@@H]3Cc3ccccn3)nn12. The lowest BCUT2D eigenvalue weighted by atomic mass is 10.1. The van der Waals surface area contributed by atoms with Crippen molar-refractivity contribution >= 4 is 23.2 Å². The van der Waals surface area contributed by atoms with Crippen LogP contribution in [0.25, 0.3) is 5.65 Å². The van der Waals surface area contributed by atoms with Crippen molar-refractivity contribution in [3.8, 4) is 0 Å². The molecule has 1 fully saturated rings. The molecule has 1 amide bonds. The predicted octanol–water partition coefficient (Wildman–Crippen LogP) is 1.65. The number of Topliss-reactive ketones (excluding diaryl/α,β-unsaturated/α-hetero) is 1. The molecule has 0 radical (unpaired) electrons. The van der Waals surface area contributed by atoms with E-state index < -0.39 is 5.91 Å². The Bertz CT molecular complexity index is 1460. The summed E-state index contributed by atoms with van der Waals surface area (Å²) in [5, 5.41) is 7.73. The molecule has 1 N–H and O–H groups in total. The van der Waals surface area contributed by atoms with Crippen LogP contribution in [0, 0.1) is 0 Å². The number of carbonyl (C=O) groups excluding carboxylic acids is 2. The van der Waals surface area contributed by atoms with E-state index in [2.05, 4.69) is 20.2 Å². The van der Waals surface area contributed by atoms with Gasteiger partial charge in [0.1, 0.15) is 17.1 Å². The van der Waals surface area contributed by atoms with Crippen molar-refractivity contribution in [3.05, 3.63) is 88.4 Å². The molecule has 0 aromatic carbocycles. The number of rotatable bonds is 6. The summed E-state index contributed by atoms with van der Waals surface area (Å²) in [4.78, 5) is 48.2. The van der Waals surface area contributed by atoms with Gasteiger partial charge in [-0.3, -0.25) is 19.4 Å². The smallest absolute Gasteiger partial charge is 0.263 e. The molecule has 35 heavy (non-hydrogen) atoms. The van der Waals surface area contributed by atoms with Gasteiger partial charge in [0.25, 0.3) is 11.5 Å². The largest absolute Gasteiger partial charge is 0.350 e. The van der Waals surface area contributed by atoms with Gasteiger partial charge in [-0.15, -0.1) is 5.10 Å². The number of imidazole rings is 1. The molecular weight excluding hydrogens is 446 g/mol. The molecule has 4 aromatic rings. The number of aryl methyl sites for hydroxylation is 1. The van der Waals surface area contributed by atoms with Crippen molar-refractivity contribution in [1.82, 2.24) is 29.5 Å². The first kappa shape index (κ1) is 22.5. The summed E-state index contributed by atoms with van der Waals surface area (Å²) >= 11 is 0. The van der Waals surface area contributed by atoms with E-state index in [-0.39, 0.29) is 29.0 Å². The summed E-state index contributed by atoms with van der Waals surface area (Å²) in [7, 11) is 1.62. The third kappa shape index (κ3) is 4.42. The van der Waals surface area contributed by atoms with Crippen molar-refractivity contribution in [3.63, 3.8) is 0 Å². The van der Waals surface area contributed by atoms with E-state index in [0.29, 0.717) is 36.5 Å². The average Bonchev–Trinajstić information content (AvgIpc) is 3.45. The van der Waals surface area contributed by atoms with Crippen LogP contribution in [0.2, 0.25) is 0 Å². The molecule has 178 valence electrons. The lowest BCUT2D eigenvalue weighted by Crippen LogP contribution is -2.40. The zero-order valence-electron chi connectivity index (χ0n) is 19.5. The molecule has 0 spiro atoms. The highest BCUT2D eigenvalue weighted by atomic mass is 16.2. The Morgan fingerprint density at radius 2 is 1.97 bits per heavy atom. The Kier molecular flexibility index (Phi) is 5.86. The minimum atomic E-state index is -0.397. The highest BCUT2D eigenvalue weighted by molar-refractivity contribution is 5.94. The zero-order valence-corrected chi connectivity index (χ0v) is 19.5. The van der Waals surface area contributed by atoms with Crippen molar-refractivity contribution < 1.29 is 9.59 Å². The Morgan fingerprint density at radius 1 is 1.11 bits per heavy atom. The van der Waals surface area contributed by atoms with Crippen molar-refractivity contribution in [2.75, 3.05) is 11.4 Å². The van der Waals surface area contributed by atoms with E-state index in [9.17, 15) is 14.4 Å². The molecule has 1 aliphatic rings. The number of carbonyl (C=O) groups is 2. The Labute approximate surface area is 201 Å². The molecule has 0 bridgehead atoms. The number of pyridine rings is 2. The van der Waals surface area contributed by atoms with Crippen molar-refractivity contribution in [2.24, 2.45) is 7.05 Å². The van der Waals surface area contributed by atoms with E-state index in [1.165, 1.54) is 23.8 Å². The average molecular weight is 472 g/mol. The number of fused-ring (bicyclic) bond motifs is 1. The number of nitrogens with zero attached hydrogens (tertiary/aromatic N) is 6. The second kappa shape index (κ2) is 9.13. The van der Waals surface area contributed by atoms with Crippen LogP contribution in [0.4, 0.5) is 5.82 Å². The van der Waals surface area contributed by atoms with Gasteiger partial charge < -0.3 is 14.8 Å². The standard InChI is InChI=1S/C25H25N7O3/c1-16(33)21-14-27-22-8-9-23(29-32(21)22)31-15-18(13-19(31)12-17-6-3-4-10-26-17)28-24(34)20-7-5-11-30(2)25(20)35/h3-11,14,18-19H,12-13,15H2,1-2H3,(H,28,34)/t18-,19-/m0/s1. The second-order valence-corrected chi connectivity index (χ2v) is 8.74. The summed E-state index contributed by atoms with van der Waals surface area (Å²) in [5.74, 6) is 0.154. The van der Waals surface area contributed by atoms with Crippen LogP contribution in [0.5, 0.6) is 0 Å². The molecule has 0 unspecified atom stereocenters. The molecule has 0 saturated carbocycles. The molecule has 2 atom stereocenters. The maximum absolute atomic E-state index is 12.9. The first-order valence-electron chi connectivity index (χ1n) is 11.4. The van der Waals surface area contributed by atoms with Gasteiger partial charge in [0, 0.05) is 57.1 Å². The summed E-state index contributed by atoms with van der Waals surface area (Å²) in [5.41, 5.74) is 1.70. The Morgan fingerprint density at radius 3 is 2.74 bits per heavy atom. The van der Waals surface area contributed by atoms with Crippen LogP contribution in [0.3, 0.4) is 0 Å². The van der Waals surface area contributed by atoms with Crippen molar-refractivity contribution in [2.45, 2.75) is 31.8 Å². The fourth-order valence-corrected chi connectivity index (χ4v) is 4.55. The van der Waals surface area contributed by atoms with Gasteiger partial charge in [0.2, 0.25) is 0 Å². The molecule has 1 saturated heterocycles. The van der Waals surface area contributed by atoms with Gasteiger partial charge >= 0.3 is 0 Å². The number of aromatic nitrogens is 5. The van der Waals surface area contributed by atoms with Gasteiger partial charge in [-0.1, -0.05) is 6.07 Å². The number of amides is 1. The Hall–Kier alpha value is -4.34. The van der Waals surface area contributed by atoms with E-state index >= 15 is 0 Å². The maximum atomic E-state index is 12.9. The first-order valence-corrected chi connectivity index (χ1v) is 11.4. The number of anilines is 1. The quantitative estimate of drug-likeness (QED) is 0.425. The van der Waals surface area contributed by atoms with Gasteiger partial charge in [0.15, 0.2) is 11.4 Å². The summed E-state index contributed by atoms with van der Waals surface area (Å²) in [6.45, 7) is 1.98. The molecular formula is C25H25N7O3. The minimum Gasteiger partial charge on any atom is -0.350 e. The highest BCUT2D eigenvalue weighted by Gasteiger charge is 2.35. The molecule has 5 rings (SSSR count). The number of hydrogen-bond donors (Lipinski definition) is 1. The zero-order chi connectivity index (χ0) is 24.5. The molecule has 10 heteroatoms. The lowest BCUT2D eigenvalue weighted by molar-refractivity contribution is 0.0936. The summed E-state index contributed by atoms with van der Waals surface area (Å²) < 4.78 is 2.94. The fraction of sp³-hybridized carbons (Fsp3) is 0.280. The first-order chi connectivity index (χ1) is 16.9. The van der Waals surface area contributed by atoms with Gasteiger partial charge in [-0.25, -0.2) is 9.50 Å².